The van der Waals surface area contributed by atoms with Crippen molar-refractivity contribution in [1.82, 2.24) is 40.4 Å². The summed E-state index contributed by atoms with van der Waals surface area (Å²) in [6, 6.07) is 7.33. The zero-order valence-corrected chi connectivity index (χ0v) is 25.3. The van der Waals surface area contributed by atoms with E-state index in [1.807, 2.05) is 29.2 Å². The van der Waals surface area contributed by atoms with Gasteiger partial charge in [0, 0.05) is 50.4 Å². The van der Waals surface area contributed by atoms with Gasteiger partial charge in [0.25, 0.3) is 11.8 Å². The first-order valence-corrected chi connectivity index (χ1v) is 14.7. The van der Waals surface area contributed by atoms with Gasteiger partial charge in [0.2, 0.25) is 17.6 Å². The summed E-state index contributed by atoms with van der Waals surface area (Å²) in [7, 11) is 0. The lowest BCUT2D eigenvalue weighted by Gasteiger charge is -2.34. The summed E-state index contributed by atoms with van der Waals surface area (Å²) in [5, 5.41) is 18.6. The maximum Gasteiger partial charge on any atom is 0.253 e. The maximum absolute atomic E-state index is 12.4. The van der Waals surface area contributed by atoms with Crippen LogP contribution in [0.25, 0.3) is 11.4 Å². The van der Waals surface area contributed by atoms with Gasteiger partial charge in [0.15, 0.2) is 5.82 Å². The smallest absolute Gasteiger partial charge is 0.253 e. The number of carbonyl (C=O) groups excluding carboxylic acids is 4. The normalized spacial score (nSPS) is 15.3. The molecule has 2 aromatic rings. The lowest BCUT2D eigenvalue weighted by atomic mass is 10.2. The highest BCUT2D eigenvalue weighted by molar-refractivity contribution is 6.12. The molecule has 0 bridgehead atoms. The van der Waals surface area contributed by atoms with Crippen molar-refractivity contribution < 1.29 is 38.1 Å². The molecule has 1 fully saturated rings. The monoisotopic (exact) mass is 626 g/mol. The SMILES string of the molecule is Cc1nnc(-c2ccc(OCCOCCOCCOCCNC(=O)CN3CCN(CCN4C(=O)C=CC4=O)CC3=O)cc2)nn1. The molecule has 0 atom stereocenters. The third-order valence-electron chi connectivity index (χ3n) is 6.77. The molecule has 2 aliphatic rings. The number of aryl methyl sites for hydroxylation is 1. The van der Waals surface area contributed by atoms with Crippen molar-refractivity contribution in [1.29, 1.82) is 0 Å². The van der Waals surface area contributed by atoms with Gasteiger partial charge in [-0.05, 0) is 31.2 Å². The second-order valence-corrected chi connectivity index (χ2v) is 10.1. The number of rotatable bonds is 19. The van der Waals surface area contributed by atoms with Crippen LogP contribution >= 0.6 is 0 Å². The lowest BCUT2D eigenvalue weighted by molar-refractivity contribution is -0.140. The Morgan fingerprint density at radius 3 is 2.07 bits per heavy atom. The summed E-state index contributed by atoms with van der Waals surface area (Å²) < 4.78 is 22.1. The third kappa shape index (κ3) is 11.2. The number of piperazine rings is 1. The molecule has 1 aromatic carbocycles. The van der Waals surface area contributed by atoms with Gasteiger partial charge in [-0.15, -0.1) is 20.4 Å². The van der Waals surface area contributed by atoms with Gasteiger partial charge in [0.1, 0.15) is 12.4 Å². The second kappa shape index (κ2) is 17.8. The van der Waals surface area contributed by atoms with Crippen LogP contribution in [0.4, 0.5) is 0 Å². The first kappa shape index (κ1) is 33.5. The summed E-state index contributed by atoms with van der Waals surface area (Å²) in [5.74, 6) is 0.557. The number of ether oxygens (including phenoxy) is 4. The van der Waals surface area contributed by atoms with Crippen LogP contribution in [0.3, 0.4) is 0 Å². The van der Waals surface area contributed by atoms with E-state index < -0.39 is 0 Å². The molecule has 0 unspecified atom stereocenters. The highest BCUT2D eigenvalue weighted by Gasteiger charge is 2.28. The van der Waals surface area contributed by atoms with E-state index in [0.717, 1.165) is 10.5 Å². The first-order chi connectivity index (χ1) is 21.9. The quantitative estimate of drug-likeness (QED) is 0.146. The Kier molecular flexibility index (Phi) is 13.3. The predicted octanol–water partition coefficient (Wildman–Crippen LogP) is -1.14. The predicted molar refractivity (Wildman–Crippen MR) is 158 cm³/mol. The van der Waals surface area contributed by atoms with Gasteiger partial charge in [-0.2, -0.15) is 0 Å². The number of aromatic nitrogens is 4. The Balaban J connectivity index is 0.927. The fourth-order valence-electron chi connectivity index (χ4n) is 4.36. The molecule has 3 heterocycles. The second-order valence-electron chi connectivity index (χ2n) is 10.1. The van der Waals surface area contributed by atoms with E-state index in [-0.39, 0.29) is 43.3 Å². The number of benzene rings is 1. The molecule has 0 spiro atoms. The van der Waals surface area contributed by atoms with E-state index in [1.54, 1.807) is 6.92 Å². The van der Waals surface area contributed by atoms with E-state index in [0.29, 0.717) is 89.8 Å². The standard InChI is InChI=1S/C29H38N8O8/c1-22-31-33-29(34-32-22)23-2-4-24(5-3-23)45-19-18-44-17-16-43-15-14-42-13-8-30-25(38)20-36-11-9-35(21-28(36)41)10-12-37-26(39)6-7-27(37)40/h2-7H,8-21H2,1H3,(H,30,38). The minimum Gasteiger partial charge on any atom is -0.491 e. The lowest BCUT2D eigenvalue weighted by Crippen LogP contribution is -2.54. The molecule has 0 radical (unpaired) electrons. The van der Waals surface area contributed by atoms with Crippen LogP contribution in [0.2, 0.25) is 0 Å². The average molecular weight is 627 g/mol. The van der Waals surface area contributed by atoms with E-state index in [4.69, 9.17) is 18.9 Å². The topological polar surface area (TPSA) is 179 Å². The van der Waals surface area contributed by atoms with Crippen LogP contribution in [0, 0.1) is 6.92 Å². The molecule has 242 valence electrons. The molecule has 45 heavy (non-hydrogen) atoms. The van der Waals surface area contributed by atoms with Crippen molar-refractivity contribution in [2.45, 2.75) is 6.92 Å². The van der Waals surface area contributed by atoms with Crippen molar-refractivity contribution in [3.05, 3.63) is 42.2 Å². The summed E-state index contributed by atoms with van der Waals surface area (Å²) in [5.41, 5.74) is 0.800. The molecule has 1 aromatic heterocycles. The number of amides is 4. The fraction of sp³-hybridized carbons (Fsp3) is 0.517. The molecule has 0 saturated carbocycles. The van der Waals surface area contributed by atoms with Crippen molar-refractivity contribution in [3.63, 3.8) is 0 Å². The van der Waals surface area contributed by atoms with Crippen LogP contribution in [-0.2, 0) is 33.4 Å². The number of nitrogens with zero attached hydrogens (tertiary/aromatic N) is 7. The highest BCUT2D eigenvalue weighted by Crippen LogP contribution is 2.18. The van der Waals surface area contributed by atoms with E-state index >= 15 is 0 Å². The Hall–Kier alpha value is -4.38. The molecule has 1 N–H and O–H groups in total. The van der Waals surface area contributed by atoms with Crippen molar-refractivity contribution in [2.24, 2.45) is 0 Å². The molecule has 16 heteroatoms. The third-order valence-corrected chi connectivity index (χ3v) is 6.77. The van der Waals surface area contributed by atoms with Gasteiger partial charge >= 0.3 is 0 Å². The van der Waals surface area contributed by atoms with E-state index in [2.05, 4.69) is 25.7 Å². The molecule has 1 saturated heterocycles. The maximum atomic E-state index is 12.4. The molecule has 16 nitrogen and oxygen atoms in total. The zero-order chi connectivity index (χ0) is 31.9. The zero-order valence-electron chi connectivity index (χ0n) is 25.3. The van der Waals surface area contributed by atoms with Crippen molar-refractivity contribution >= 4 is 23.6 Å². The summed E-state index contributed by atoms with van der Waals surface area (Å²) in [6.45, 7) is 6.48. The largest absolute Gasteiger partial charge is 0.491 e. The van der Waals surface area contributed by atoms with Gasteiger partial charge in [-0.1, -0.05) is 0 Å². The molecule has 4 rings (SSSR count). The number of carbonyl (C=O) groups is 4. The van der Waals surface area contributed by atoms with Crippen molar-refractivity contribution in [2.75, 3.05) is 92.1 Å². The Morgan fingerprint density at radius 1 is 0.800 bits per heavy atom. The first-order valence-electron chi connectivity index (χ1n) is 14.7. The minimum absolute atomic E-state index is 0.0284. The van der Waals surface area contributed by atoms with Gasteiger partial charge in [-0.25, -0.2) is 0 Å². The fourth-order valence-corrected chi connectivity index (χ4v) is 4.36. The number of imide groups is 1. The summed E-state index contributed by atoms with van der Waals surface area (Å²) in [6.07, 6.45) is 2.48. The average Bonchev–Trinajstić information content (AvgIpc) is 3.36. The summed E-state index contributed by atoms with van der Waals surface area (Å²) >= 11 is 0. The van der Waals surface area contributed by atoms with Crippen molar-refractivity contribution in [3.8, 4) is 17.1 Å². The molecule has 0 aliphatic carbocycles. The minimum atomic E-state index is -0.340. The van der Waals surface area contributed by atoms with Crippen LogP contribution in [0.1, 0.15) is 5.82 Å². The van der Waals surface area contributed by atoms with Crippen LogP contribution in [0.15, 0.2) is 36.4 Å². The Morgan fingerprint density at radius 2 is 1.42 bits per heavy atom. The van der Waals surface area contributed by atoms with E-state index in [9.17, 15) is 19.2 Å². The van der Waals surface area contributed by atoms with Crippen LogP contribution < -0.4 is 10.1 Å². The van der Waals surface area contributed by atoms with Crippen LogP contribution in [0.5, 0.6) is 5.75 Å². The molecular weight excluding hydrogens is 588 g/mol. The number of nitrogens with one attached hydrogen (secondary N) is 1. The number of hydrogen-bond donors (Lipinski definition) is 1. The van der Waals surface area contributed by atoms with Gasteiger partial charge < -0.3 is 29.2 Å². The van der Waals surface area contributed by atoms with Gasteiger partial charge in [-0.3, -0.25) is 29.0 Å². The molecular formula is C29H38N8O8. The Labute approximate surface area is 260 Å². The summed E-state index contributed by atoms with van der Waals surface area (Å²) in [4.78, 5) is 52.5. The van der Waals surface area contributed by atoms with Gasteiger partial charge in [0.05, 0.1) is 52.7 Å². The van der Waals surface area contributed by atoms with Crippen LogP contribution in [-0.4, -0.2) is 151 Å². The molecule has 4 amide bonds. The molecule has 2 aliphatic heterocycles. The number of hydrogen-bond acceptors (Lipinski definition) is 13. The van der Waals surface area contributed by atoms with E-state index in [1.165, 1.54) is 17.1 Å². The Bertz CT molecular complexity index is 1290. The highest BCUT2D eigenvalue weighted by atomic mass is 16.6.